The molecular formula is C22H25ClN4O2. The van der Waals surface area contributed by atoms with Crippen molar-refractivity contribution in [1.29, 1.82) is 0 Å². The van der Waals surface area contributed by atoms with E-state index in [9.17, 15) is 4.79 Å². The number of carbonyl (C=O) groups excluding carboxylic acids is 1. The molecule has 3 aromatic rings. The van der Waals surface area contributed by atoms with Crippen LogP contribution in [0.3, 0.4) is 0 Å². The van der Waals surface area contributed by atoms with Gasteiger partial charge in [0.25, 0.3) is 5.91 Å². The first kappa shape index (κ1) is 19.7. The molecule has 1 aliphatic heterocycles. The minimum atomic E-state index is -0.0727. The number of hydrogen-bond donors (Lipinski definition) is 0. The number of aryl methyl sites for hydroxylation is 3. The Morgan fingerprint density at radius 1 is 1.24 bits per heavy atom. The predicted molar refractivity (Wildman–Crippen MR) is 114 cm³/mol. The van der Waals surface area contributed by atoms with E-state index in [2.05, 4.69) is 4.57 Å². The number of nitrogens with zero attached hydrogens (tertiary/aromatic N) is 4. The fourth-order valence-electron chi connectivity index (χ4n) is 3.74. The highest BCUT2D eigenvalue weighted by Gasteiger charge is 2.22. The number of pyridine rings is 1. The third kappa shape index (κ3) is 4.08. The van der Waals surface area contributed by atoms with Gasteiger partial charge in [-0.05, 0) is 38.0 Å². The number of hydrogen-bond acceptors (Lipinski definition) is 4. The predicted octanol–water partition coefficient (Wildman–Crippen LogP) is 4.27. The average molecular weight is 413 g/mol. The maximum absolute atomic E-state index is 13.2. The Hall–Kier alpha value is -2.60. The van der Waals surface area contributed by atoms with Crippen LogP contribution >= 0.6 is 11.6 Å². The van der Waals surface area contributed by atoms with E-state index in [0.29, 0.717) is 35.0 Å². The van der Waals surface area contributed by atoms with E-state index in [1.165, 1.54) is 6.42 Å². The summed E-state index contributed by atoms with van der Waals surface area (Å²) in [6.07, 6.45) is 4.39. The maximum atomic E-state index is 13.2. The topological polar surface area (TPSA) is 60.3 Å². The smallest absolute Gasteiger partial charge is 0.256 e. The molecule has 0 saturated heterocycles. The van der Waals surface area contributed by atoms with Crippen molar-refractivity contribution in [1.82, 2.24) is 19.4 Å². The molecule has 1 amide bonds. The molecule has 7 heteroatoms. The Balaban J connectivity index is 1.54. The Bertz CT molecular complexity index is 1050. The number of fused-ring (bicyclic) bond motifs is 3. The van der Waals surface area contributed by atoms with Crippen LogP contribution in [0.5, 0.6) is 5.75 Å². The first-order valence-electron chi connectivity index (χ1n) is 10.0. The van der Waals surface area contributed by atoms with Crippen LogP contribution in [0.1, 0.15) is 41.1 Å². The van der Waals surface area contributed by atoms with Gasteiger partial charge in [-0.25, -0.2) is 9.97 Å². The molecule has 1 aliphatic rings. The van der Waals surface area contributed by atoms with Crippen LogP contribution in [-0.2, 0) is 13.0 Å². The lowest BCUT2D eigenvalue weighted by Gasteiger charge is -2.18. The Morgan fingerprint density at radius 2 is 2.07 bits per heavy atom. The van der Waals surface area contributed by atoms with Gasteiger partial charge >= 0.3 is 0 Å². The van der Waals surface area contributed by atoms with Gasteiger partial charge in [-0.2, -0.15) is 0 Å². The van der Waals surface area contributed by atoms with Gasteiger partial charge in [-0.3, -0.25) is 4.79 Å². The largest absolute Gasteiger partial charge is 0.490 e. The number of carbonyl (C=O) groups is 1. The summed E-state index contributed by atoms with van der Waals surface area (Å²) in [5.74, 6) is 1.58. The second-order valence-electron chi connectivity index (χ2n) is 7.48. The average Bonchev–Trinajstić information content (AvgIpc) is 2.89. The van der Waals surface area contributed by atoms with Crippen LogP contribution in [0.15, 0.2) is 30.3 Å². The first-order valence-corrected chi connectivity index (χ1v) is 10.4. The molecule has 0 N–H and O–H groups in total. The van der Waals surface area contributed by atoms with E-state index in [0.717, 1.165) is 43.0 Å². The summed E-state index contributed by atoms with van der Waals surface area (Å²) in [5, 5.41) is 0.562. The first-order chi connectivity index (χ1) is 14.0. The zero-order chi connectivity index (χ0) is 20.4. The van der Waals surface area contributed by atoms with Crippen molar-refractivity contribution in [3.63, 3.8) is 0 Å². The zero-order valence-electron chi connectivity index (χ0n) is 16.8. The van der Waals surface area contributed by atoms with Crippen molar-refractivity contribution in [3.05, 3.63) is 52.4 Å². The highest BCUT2D eigenvalue weighted by Crippen LogP contribution is 2.25. The molecule has 3 heterocycles. The highest BCUT2D eigenvalue weighted by molar-refractivity contribution is 6.32. The monoisotopic (exact) mass is 412 g/mol. The number of imidazole rings is 1. The molecule has 2 aromatic heterocycles. The third-order valence-electron chi connectivity index (χ3n) is 5.29. The minimum absolute atomic E-state index is 0.0727. The molecule has 0 bridgehead atoms. The number of ether oxygens (including phenoxy) is 1. The van der Waals surface area contributed by atoms with E-state index in [1.807, 2.05) is 31.2 Å². The molecule has 152 valence electrons. The van der Waals surface area contributed by atoms with E-state index in [-0.39, 0.29) is 5.91 Å². The lowest BCUT2D eigenvalue weighted by Crippen LogP contribution is -2.31. The number of halogens is 1. The molecule has 0 aliphatic carbocycles. The molecular weight excluding hydrogens is 388 g/mol. The number of aromatic nitrogens is 3. The Morgan fingerprint density at radius 3 is 2.90 bits per heavy atom. The molecule has 0 spiro atoms. The molecule has 0 radical (unpaired) electrons. The second kappa shape index (κ2) is 8.41. The fraction of sp³-hybridized carbons (Fsp3) is 0.409. The van der Waals surface area contributed by atoms with Crippen LogP contribution in [0.4, 0.5) is 0 Å². The summed E-state index contributed by atoms with van der Waals surface area (Å²) < 4.78 is 7.91. The van der Waals surface area contributed by atoms with Crippen LogP contribution < -0.4 is 4.74 Å². The van der Waals surface area contributed by atoms with Crippen molar-refractivity contribution in [2.24, 2.45) is 0 Å². The fourth-order valence-corrected chi connectivity index (χ4v) is 3.93. The summed E-state index contributed by atoms with van der Waals surface area (Å²) in [6, 6.07) is 9.16. The van der Waals surface area contributed by atoms with Crippen LogP contribution in [0.25, 0.3) is 11.2 Å². The number of rotatable bonds is 5. The second-order valence-corrected chi connectivity index (χ2v) is 7.89. The number of para-hydroxylation sites is 1. The molecule has 4 rings (SSSR count). The van der Waals surface area contributed by atoms with E-state index in [4.69, 9.17) is 26.3 Å². The molecule has 29 heavy (non-hydrogen) atoms. The summed E-state index contributed by atoms with van der Waals surface area (Å²) >= 11 is 6.12. The zero-order valence-corrected chi connectivity index (χ0v) is 17.6. The van der Waals surface area contributed by atoms with Gasteiger partial charge < -0.3 is 14.2 Å². The van der Waals surface area contributed by atoms with Gasteiger partial charge in [0.05, 0.1) is 17.1 Å². The van der Waals surface area contributed by atoms with Gasteiger partial charge in [0.1, 0.15) is 23.7 Å². The van der Waals surface area contributed by atoms with Crippen molar-refractivity contribution in [3.8, 4) is 5.75 Å². The minimum Gasteiger partial charge on any atom is -0.490 e. The van der Waals surface area contributed by atoms with Crippen molar-refractivity contribution < 1.29 is 9.53 Å². The van der Waals surface area contributed by atoms with Crippen LogP contribution in [0, 0.1) is 6.92 Å². The quantitative estimate of drug-likeness (QED) is 0.627. The van der Waals surface area contributed by atoms with E-state index in [1.54, 1.807) is 18.0 Å². The number of amides is 1. The van der Waals surface area contributed by atoms with Crippen LogP contribution in [0.2, 0.25) is 5.02 Å². The third-order valence-corrected chi connectivity index (χ3v) is 5.60. The van der Waals surface area contributed by atoms with Crippen molar-refractivity contribution in [2.45, 2.75) is 39.2 Å². The SMILES string of the molecule is Cc1cc(C(=O)N(C)CCOc2ccccc2Cl)c2nc3n(c2n1)CCCCC3. The van der Waals surface area contributed by atoms with Gasteiger partial charge in [0.2, 0.25) is 0 Å². The summed E-state index contributed by atoms with van der Waals surface area (Å²) in [4.78, 5) is 24.3. The lowest BCUT2D eigenvalue weighted by atomic mass is 10.1. The standard InChI is InChI=1S/C22H25ClN4O2/c1-15-14-16(20-21(24-15)27-11-7-3-4-10-19(27)25-20)22(28)26(2)12-13-29-18-9-6-5-8-17(18)23/h5-6,8-9,14H,3-4,7,10-13H2,1-2H3. The van der Waals surface area contributed by atoms with Crippen LogP contribution in [-0.4, -0.2) is 45.5 Å². The van der Waals surface area contributed by atoms with E-state index < -0.39 is 0 Å². The number of benzene rings is 1. The molecule has 0 fully saturated rings. The van der Waals surface area contributed by atoms with Gasteiger partial charge in [0, 0.05) is 25.7 Å². The summed E-state index contributed by atoms with van der Waals surface area (Å²) in [7, 11) is 1.78. The van der Waals surface area contributed by atoms with Crippen molar-refractivity contribution >= 4 is 28.7 Å². The Labute approximate surface area is 175 Å². The highest BCUT2D eigenvalue weighted by atomic mass is 35.5. The number of likely N-dealkylation sites (N-methyl/N-ethyl adjacent to an activating group) is 1. The maximum Gasteiger partial charge on any atom is 0.256 e. The van der Waals surface area contributed by atoms with Crippen molar-refractivity contribution in [2.75, 3.05) is 20.2 Å². The summed E-state index contributed by atoms with van der Waals surface area (Å²) in [5.41, 5.74) is 2.96. The molecule has 1 aromatic carbocycles. The molecule has 0 unspecified atom stereocenters. The lowest BCUT2D eigenvalue weighted by molar-refractivity contribution is 0.0775. The van der Waals surface area contributed by atoms with E-state index >= 15 is 0 Å². The summed E-state index contributed by atoms with van der Waals surface area (Å²) in [6.45, 7) is 3.64. The molecule has 6 nitrogen and oxygen atoms in total. The molecule has 0 saturated carbocycles. The Kier molecular flexibility index (Phi) is 5.72. The normalized spacial score (nSPS) is 13.8. The molecule has 0 atom stereocenters. The van der Waals surface area contributed by atoms with Gasteiger partial charge in [0.15, 0.2) is 5.65 Å². The van der Waals surface area contributed by atoms with Gasteiger partial charge in [-0.15, -0.1) is 0 Å². The van der Waals surface area contributed by atoms with Gasteiger partial charge in [-0.1, -0.05) is 30.2 Å².